The van der Waals surface area contributed by atoms with Crippen molar-refractivity contribution in [1.29, 1.82) is 0 Å². The number of carbonyl (C=O) groups is 1. The summed E-state index contributed by atoms with van der Waals surface area (Å²) in [6.07, 6.45) is 3.35. The van der Waals surface area contributed by atoms with Crippen molar-refractivity contribution in [2.75, 3.05) is 22.5 Å². The van der Waals surface area contributed by atoms with Crippen LogP contribution in [0.15, 0.2) is 48.8 Å². The van der Waals surface area contributed by atoms with Crippen molar-refractivity contribution in [2.24, 2.45) is 0 Å². The minimum Gasteiger partial charge on any atom is -0.397 e. The Morgan fingerprint density at radius 1 is 1.11 bits per heavy atom. The SMILES string of the molecule is Nc1ccncc1NC(=O)c1cccc(N2CCc3c(F)ccc(F)c3C2)n1. The number of fused-ring (bicyclic) bond motifs is 1. The lowest BCUT2D eigenvalue weighted by molar-refractivity contribution is 0.102. The minimum absolute atomic E-state index is 0.186. The number of carbonyl (C=O) groups excluding carboxylic acids is 1. The van der Waals surface area contributed by atoms with Crippen molar-refractivity contribution in [3.8, 4) is 0 Å². The molecule has 3 heterocycles. The number of hydrogen-bond acceptors (Lipinski definition) is 5. The zero-order valence-electron chi connectivity index (χ0n) is 14.8. The number of nitrogens with one attached hydrogen (secondary N) is 1. The molecule has 1 aromatic carbocycles. The van der Waals surface area contributed by atoms with E-state index in [1.165, 1.54) is 12.4 Å². The van der Waals surface area contributed by atoms with Gasteiger partial charge in [-0.3, -0.25) is 9.78 Å². The van der Waals surface area contributed by atoms with Gasteiger partial charge >= 0.3 is 0 Å². The fraction of sp³-hybridized carbons (Fsp3) is 0.150. The van der Waals surface area contributed by atoms with Crippen LogP contribution >= 0.6 is 0 Å². The Morgan fingerprint density at radius 3 is 2.68 bits per heavy atom. The van der Waals surface area contributed by atoms with Gasteiger partial charge in [-0.1, -0.05) is 6.07 Å². The van der Waals surface area contributed by atoms with E-state index in [-0.39, 0.29) is 12.2 Å². The number of aromatic nitrogens is 2. The Kier molecular flexibility index (Phi) is 4.60. The van der Waals surface area contributed by atoms with E-state index in [9.17, 15) is 13.6 Å². The highest BCUT2D eigenvalue weighted by Crippen LogP contribution is 2.27. The monoisotopic (exact) mass is 381 g/mol. The fourth-order valence-corrected chi connectivity index (χ4v) is 3.21. The second-order valence-electron chi connectivity index (χ2n) is 6.46. The molecule has 3 aromatic rings. The third-order valence-corrected chi connectivity index (χ3v) is 4.69. The molecular weight excluding hydrogens is 364 g/mol. The molecule has 8 heteroatoms. The summed E-state index contributed by atoms with van der Waals surface area (Å²) in [6, 6.07) is 8.87. The maximum atomic E-state index is 14.1. The smallest absolute Gasteiger partial charge is 0.274 e. The molecule has 1 amide bonds. The fourth-order valence-electron chi connectivity index (χ4n) is 3.21. The Balaban J connectivity index is 1.57. The van der Waals surface area contributed by atoms with Gasteiger partial charge in [0.15, 0.2) is 0 Å². The Bertz CT molecular complexity index is 1060. The van der Waals surface area contributed by atoms with Gasteiger partial charge in [0.25, 0.3) is 5.91 Å². The van der Waals surface area contributed by atoms with Gasteiger partial charge in [0.1, 0.15) is 23.1 Å². The lowest BCUT2D eigenvalue weighted by Gasteiger charge is -2.30. The van der Waals surface area contributed by atoms with Gasteiger partial charge in [-0.05, 0) is 42.3 Å². The molecule has 0 saturated carbocycles. The molecule has 0 aliphatic carbocycles. The third-order valence-electron chi connectivity index (χ3n) is 4.69. The number of nitrogens with zero attached hydrogens (tertiary/aromatic N) is 3. The molecule has 0 atom stereocenters. The standard InChI is InChI=1S/C20H17F2N5O/c21-14-4-5-15(22)13-11-27(9-7-12(13)14)19-3-1-2-17(25-19)20(28)26-18-10-24-8-6-16(18)23/h1-6,8,10H,7,9,11H2,(H2,23,24)(H,26,28). The average Bonchev–Trinajstić information content (AvgIpc) is 2.72. The largest absolute Gasteiger partial charge is 0.397 e. The summed E-state index contributed by atoms with van der Waals surface area (Å²) in [4.78, 5) is 22.6. The van der Waals surface area contributed by atoms with Crippen LogP contribution < -0.4 is 16.0 Å². The second-order valence-corrected chi connectivity index (χ2v) is 6.46. The van der Waals surface area contributed by atoms with Crippen LogP contribution in [-0.2, 0) is 13.0 Å². The van der Waals surface area contributed by atoms with Gasteiger partial charge in [-0.15, -0.1) is 0 Å². The highest BCUT2D eigenvalue weighted by molar-refractivity contribution is 6.04. The first-order valence-electron chi connectivity index (χ1n) is 8.71. The van der Waals surface area contributed by atoms with E-state index in [0.717, 1.165) is 12.1 Å². The van der Waals surface area contributed by atoms with Crippen molar-refractivity contribution >= 4 is 23.1 Å². The van der Waals surface area contributed by atoms with E-state index in [2.05, 4.69) is 15.3 Å². The lowest BCUT2D eigenvalue weighted by atomic mass is 9.98. The van der Waals surface area contributed by atoms with Crippen LogP contribution in [0.1, 0.15) is 21.6 Å². The molecule has 142 valence electrons. The van der Waals surface area contributed by atoms with Crippen molar-refractivity contribution in [3.63, 3.8) is 0 Å². The maximum absolute atomic E-state index is 14.1. The first kappa shape index (κ1) is 17.8. The van der Waals surface area contributed by atoms with Crippen molar-refractivity contribution < 1.29 is 13.6 Å². The van der Waals surface area contributed by atoms with Crippen LogP contribution in [0.5, 0.6) is 0 Å². The van der Waals surface area contributed by atoms with Gasteiger partial charge in [-0.2, -0.15) is 0 Å². The van der Waals surface area contributed by atoms with E-state index < -0.39 is 17.5 Å². The van der Waals surface area contributed by atoms with Crippen LogP contribution in [-0.4, -0.2) is 22.4 Å². The maximum Gasteiger partial charge on any atom is 0.274 e. The number of rotatable bonds is 3. The number of nitrogen functional groups attached to an aromatic ring is 1. The summed E-state index contributed by atoms with van der Waals surface area (Å²) >= 11 is 0. The molecule has 0 bridgehead atoms. The third kappa shape index (κ3) is 3.36. The van der Waals surface area contributed by atoms with Gasteiger partial charge in [-0.25, -0.2) is 13.8 Å². The summed E-state index contributed by atoms with van der Waals surface area (Å²) in [6.45, 7) is 0.660. The van der Waals surface area contributed by atoms with Crippen molar-refractivity contribution in [2.45, 2.75) is 13.0 Å². The first-order valence-corrected chi connectivity index (χ1v) is 8.71. The quantitative estimate of drug-likeness (QED) is 0.728. The predicted molar refractivity (Wildman–Crippen MR) is 102 cm³/mol. The van der Waals surface area contributed by atoms with Gasteiger partial charge in [0.2, 0.25) is 0 Å². The number of nitrogens with two attached hydrogens (primary N) is 1. The molecule has 0 radical (unpaired) electrons. The molecule has 0 fully saturated rings. The topological polar surface area (TPSA) is 84.1 Å². The highest BCUT2D eigenvalue weighted by Gasteiger charge is 2.23. The zero-order valence-corrected chi connectivity index (χ0v) is 14.8. The van der Waals surface area contributed by atoms with E-state index in [4.69, 9.17) is 5.73 Å². The van der Waals surface area contributed by atoms with Crippen LogP contribution in [0.3, 0.4) is 0 Å². The Labute approximate surface area is 160 Å². The lowest BCUT2D eigenvalue weighted by Crippen LogP contribution is -2.32. The summed E-state index contributed by atoms with van der Waals surface area (Å²) in [5.74, 6) is -0.759. The molecule has 28 heavy (non-hydrogen) atoms. The minimum atomic E-state index is -0.443. The van der Waals surface area contributed by atoms with E-state index >= 15 is 0 Å². The average molecular weight is 381 g/mol. The molecule has 4 rings (SSSR count). The molecule has 1 aliphatic rings. The number of amides is 1. The molecule has 6 nitrogen and oxygen atoms in total. The number of hydrogen-bond donors (Lipinski definition) is 2. The molecule has 0 unspecified atom stereocenters. The van der Waals surface area contributed by atoms with E-state index in [1.807, 2.05) is 4.90 Å². The highest BCUT2D eigenvalue weighted by atomic mass is 19.1. The van der Waals surface area contributed by atoms with Crippen LogP contribution in [0, 0.1) is 11.6 Å². The molecule has 0 spiro atoms. The molecule has 3 N–H and O–H groups in total. The van der Waals surface area contributed by atoms with Gasteiger partial charge in [0.05, 0.1) is 17.6 Å². The Hall–Kier alpha value is -3.55. The van der Waals surface area contributed by atoms with E-state index in [1.54, 1.807) is 24.3 Å². The van der Waals surface area contributed by atoms with Crippen LogP contribution in [0.2, 0.25) is 0 Å². The zero-order chi connectivity index (χ0) is 19.7. The summed E-state index contributed by atoms with van der Waals surface area (Å²) in [7, 11) is 0. The Morgan fingerprint density at radius 2 is 1.89 bits per heavy atom. The van der Waals surface area contributed by atoms with Gasteiger partial charge < -0.3 is 16.0 Å². The molecule has 0 saturated heterocycles. The van der Waals surface area contributed by atoms with E-state index in [0.29, 0.717) is 41.3 Å². The molecule has 1 aliphatic heterocycles. The number of benzene rings is 1. The number of pyridine rings is 2. The number of anilines is 3. The first-order chi connectivity index (χ1) is 13.5. The van der Waals surface area contributed by atoms with Crippen molar-refractivity contribution in [3.05, 3.63) is 77.2 Å². The summed E-state index contributed by atoms with van der Waals surface area (Å²) in [5, 5.41) is 2.67. The summed E-state index contributed by atoms with van der Waals surface area (Å²) < 4.78 is 28.1. The van der Waals surface area contributed by atoms with Crippen LogP contribution in [0.4, 0.5) is 26.0 Å². The second kappa shape index (κ2) is 7.22. The normalized spacial score (nSPS) is 13.1. The van der Waals surface area contributed by atoms with Gasteiger partial charge in [0, 0.05) is 24.8 Å². The number of halogens is 2. The molecular formula is C20H17F2N5O. The summed E-state index contributed by atoms with van der Waals surface area (Å²) in [5.41, 5.74) is 7.51. The van der Waals surface area contributed by atoms with Crippen LogP contribution in [0.25, 0.3) is 0 Å². The molecule has 2 aromatic heterocycles. The predicted octanol–water partition coefficient (Wildman–Crippen LogP) is 3.15. The van der Waals surface area contributed by atoms with Crippen molar-refractivity contribution in [1.82, 2.24) is 9.97 Å².